The SMILES string of the molecule is CC(=O)/C=C/c1ccc(Br)c2cccnc12. The van der Waals surface area contributed by atoms with E-state index in [-0.39, 0.29) is 5.78 Å². The summed E-state index contributed by atoms with van der Waals surface area (Å²) in [6, 6.07) is 7.80. The number of halogens is 1. The van der Waals surface area contributed by atoms with Gasteiger partial charge < -0.3 is 0 Å². The molecule has 0 saturated heterocycles. The number of hydrogen-bond donors (Lipinski definition) is 0. The number of aromatic nitrogens is 1. The Morgan fingerprint density at radius 2 is 2.19 bits per heavy atom. The molecule has 1 aromatic carbocycles. The molecule has 2 rings (SSSR count). The molecule has 2 aromatic rings. The van der Waals surface area contributed by atoms with Crippen LogP contribution in [0.15, 0.2) is 41.0 Å². The van der Waals surface area contributed by atoms with Crippen molar-refractivity contribution in [1.29, 1.82) is 0 Å². The van der Waals surface area contributed by atoms with E-state index in [1.807, 2.05) is 24.3 Å². The van der Waals surface area contributed by atoms with Crippen LogP contribution in [0.5, 0.6) is 0 Å². The van der Waals surface area contributed by atoms with Gasteiger partial charge in [0.05, 0.1) is 5.52 Å². The van der Waals surface area contributed by atoms with Crippen molar-refractivity contribution >= 4 is 38.7 Å². The van der Waals surface area contributed by atoms with Crippen LogP contribution in [0.1, 0.15) is 12.5 Å². The van der Waals surface area contributed by atoms with Gasteiger partial charge >= 0.3 is 0 Å². The summed E-state index contributed by atoms with van der Waals surface area (Å²) in [7, 11) is 0. The first-order valence-corrected chi connectivity index (χ1v) is 5.69. The summed E-state index contributed by atoms with van der Waals surface area (Å²) in [5.41, 5.74) is 1.85. The Hall–Kier alpha value is -1.48. The van der Waals surface area contributed by atoms with Crippen molar-refractivity contribution < 1.29 is 4.79 Å². The molecule has 0 atom stereocenters. The Labute approximate surface area is 102 Å². The molecule has 0 saturated carbocycles. The summed E-state index contributed by atoms with van der Waals surface area (Å²) in [5.74, 6) is 0.0343. The lowest BCUT2D eigenvalue weighted by Gasteiger charge is -2.02. The van der Waals surface area contributed by atoms with Gasteiger partial charge in [0.15, 0.2) is 5.78 Å². The molecule has 0 aliphatic rings. The zero-order chi connectivity index (χ0) is 11.5. The van der Waals surface area contributed by atoms with E-state index in [2.05, 4.69) is 20.9 Å². The summed E-state index contributed by atoms with van der Waals surface area (Å²) in [6.07, 6.45) is 5.10. The fourth-order valence-corrected chi connectivity index (χ4v) is 1.95. The van der Waals surface area contributed by atoms with E-state index in [1.165, 1.54) is 6.92 Å². The smallest absolute Gasteiger partial charge is 0.152 e. The maximum absolute atomic E-state index is 10.9. The monoisotopic (exact) mass is 275 g/mol. The maximum Gasteiger partial charge on any atom is 0.152 e. The predicted octanol–water partition coefficient (Wildman–Crippen LogP) is 3.60. The van der Waals surface area contributed by atoms with Gasteiger partial charge in [0.2, 0.25) is 0 Å². The van der Waals surface area contributed by atoms with Crippen molar-refractivity contribution in [2.45, 2.75) is 6.92 Å². The fourth-order valence-electron chi connectivity index (χ4n) is 1.50. The molecule has 0 aliphatic heterocycles. The molecule has 2 nitrogen and oxygen atoms in total. The number of benzene rings is 1. The second-order valence-corrected chi connectivity index (χ2v) is 4.33. The van der Waals surface area contributed by atoms with Crippen molar-refractivity contribution in [3.8, 4) is 0 Å². The Morgan fingerprint density at radius 1 is 1.38 bits per heavy atom. The predicted molar refractivity (Wildman–Crippen MR) is 69.2 cm³/mol. The van der Waals surface area contributed by atoms with Crippen molar-refractivity contribution in [2.75, 3.05) is 0 Å². The maximum atomic E-state index is 10.9. The van der Waals surface area contributed by atoms with Gasteiger partial charge in [-0.2, -0.15) is 0 Å². The topological polar surface area (TPSA) is 30.0 Å². The number of fused-ring (bicyclic) bond motifs is 1. The van der Waals surface area contributed by atoms with Crippen molar-refractivity contribution in [3.05, 3.63) is 46.6 Å². The number of nitrogens with zero attached hydrogens (tertiary/aromatic N) is 1. The summed E-state index contributed by atoms with van der Waals surface area (Å²) < 4.78 is 1.01. The van der Waals surface area contributed by atoms with Crippen molar-refractivity contribution in [2.24, 2.45) is 0 Å². The number of ketones is 1. The number of hydrogen-bond acceptors (Lipinski definition) is 2. The van der Waals surface area contributed by atoms with Crippen LogP contribution in [-0.2, 0) is 4.79 Å². The third-order valence-corrected chi connectivity index (χ3v) is 2.94. The first-order valence-electron chi connectivity index (χ1n) is 4.90. The van der Waals surface area contributed by atoms with Crippen LogP contribution in [0.3, 0.4) is 0 Å². The number of pyridine rings is 1. The van der Waals surface area contributed by atoms with E-state index >= 15 is 0 Å². The average Bonchev–Trinajstić information content (AvgIpc) is 2.28. The van der Waals surface area contributed by atoms with Gasteiger partial charge in [-0.05, 0) is 31.2 Å². The average molecular weight is 276 g/mol. The Kier molecular flexibility index (Phi) is 3.15. The van der Waals surface area contributed by atoms with E-state index in [0.717, 1.165) is 20.9 Å². The molecule has 0 spiro atoms. The molecule has 1 aromatic heterocycles. The van der Waals surface area contributed by atoms with Crippen molar-refractivity contribution in [1.82, 2.24) is 4.98 Å². The minimum absolute atomic E-state index is 0.0343. The molecule has 0 bridgehead atoms. The third-order valence-electron chi connectivity index (χ3n) is 2.25. The Balaban J connectivity index is 2.63. The van der Waals surface area contributed by atoms with E-state index < -0.39 is 0 Å². The van der Waals surface area contributed by atoms with Gasteiger partial charge in [0, 0.05) is 21.6 Å². The summed E-state index contributed by atoms with van der Waals surface area (Å²) in [4.78, 5) is 15.2. The number of carbonyl (C=O) groups excluding carboxylic acids is 1. The van der Waals surface area contributed by atoms with Gasteiger partial charge in [-0.25, -0.2) is 0 Å². The number of rotatable bonds is 2. The molecular weight excluding hydrogens is 266 g/mol. The standard InChI is InChI=1S/C13H10BrNO/c1-9(16)4-5-10-6-7-12(14)11-3-2-8-15-13(10)11/h2-8H,1H3/b5-4+. The van der Waals surface area contributed by atoms with Crippen LogP contribution in [0, 0.1) is 0 Å². The quantitative estimate of drug-likeness (QED) is 0.784. The van der Waals surface area contributed by atoms with Gasteiger partial charge in [-0.15, -0.1) is 0 Å². The van der Waals surface area contributed by atoms with Crippen LogP contribution in [0.2, 0.25) is 0 Å². The molecule has 0 amide bonds. The zero-order valence-electron chi connectivity index (χ0n) is 8.77. The number of allylic oxidation sites excluding steroid dienone is 1. The van der Waals surface area contributed by atoms with Crippen molar-refractivity contribution in [3.63, 3.8) is 0 Å². The highest BCUT2D eigenvalue weighted by Crippen LogP contribution is 2.25. The number of carbonyl (C=O) groups is 1. The molecule has 0 radical (unpaired) electrons. The molecule has 0 N–H and O–H groups in total. The van der Waals surface area contributed by atoms with E-state index in [4.69, 9.17) is 0 Å². The first kappa shape index (κ1) is 11.0. The van der Waals surface area contributed by atoms with Crippen LogP contribution in [0.4, 0.5) is 0 Å². The summed E-state index contributed by atoms with van der Waals surface area (Å²) >= 11 is 3.48. The van der Waals surface area contributed by atoms with Crippen LogP contribution >= 0.6 is 15.9 Å². The minimum atomic E-state index is 0.0343. The van der Waals surface area contributed by atoms with E-state index in [0.29, 0.717) is 0 Å². The minimum Gasteiger partial charge on any atom is -0.295 e. The Morgan fingerprint density at radius 3 is 2.94 bits per heavy atom. The lowest BCUT2D eigenvalue weighted by molar-refractivity contribution is -0.112. The molecule has 1 heterocycles. The normalized spacial score (nSPS) is 11.1. The molecular formula is C13H10BrNO. The second kappa shape index (κ2) is 4.58. The van der Waals surface area contributed by atoms with Crippen LogP contribution in [0.25, 0.3) is 17.0 Å². The highest BCUT2D eigenvalue weighted by Gasteiger charge is 2.02. The van der Waals surface area contributed by atoms with Gasteiger partial charge in [0.25, 0.3) is 0 Å². The molecule has 80 valence electrons. The fraction of sp³-hybridized carbons (Fsp3) is 0.0769. The van der Waals surface area contributed by atoms with Gasteiger partial charge in [-0.1, -0.05) is 28.1 Å². The third kappa shape index (κ3) is 2.19. The van der Waals surface area contributed by atoms with Gasteiger partial charge in [0.1, 0.15) is 0 Å². The van der Waals surface area contributed by atoms with Crippen LogP contribution in [-0.4, -0.2) is 10.8 Å². The highest BCUT2D eigenvalue weighted by atomic mass is 79.9. The molecule has 16 heavy (non-hydrogen) atoms. The second-order valence-electron chi connectivity index (χ2n) is 3.48. The Bertz CT molecular complexity index is 575. The lowest BCUT2D eigenvalue weighted by Crippen LogP contribution is -1.85. The molecule has 3 heteroatoms. The molecule has 0 aliphatic carbocycles. The largest absolute Gasteiger partial charge is 0.295 e. The summed E-state index contributed by atoms with van der Waals surface area (Å²) in [6.45, 7) is 1.53. The zero-order valence-corrected chi connectivity index (χ0v) is 10.4. The van der Waals surface area contributed by atoms with Gasteiger partial charge in [-0.3, -0.25) is 9.78 Å². The highest BCUT2D eigenvalue weighted by molar-refractivity contribution is 9.10. The van der Waals surface area contributed by atoms with Crippen LogP contribution < -0.4 is 0 Å². The lowest BCUT2D eigenvalue weighted by atomic mass is 10.1. The first-order chi connectivity index (χ1) is 7.68. The summed E-state index contributed by atoms with van der Waals surface area (Å²) in [5, 5.41) is 1.05. The molecule has 0 unspecified atom stereocenters. The molecule has 0 fully saturated rings. The van der Waals surface area contributed by atoms with E-state index in [1.54, 1.807) is 18.3 Å². The van der Waals surface area contributed by atoms with E-state index in [9.17, 15) is 4.79 Å².